The molecule has 0 aliphatic rings. The van der Waals surface area contributed by atoms with Gasteiger partial charge >= 0.3 is 6.09 Å². The maximum absolute atomic E-state index is 13.5. The molecule has 1 aromatic carbocycles. The summed E-state index contributed by atoms with van der Waals surface area (Å²) in [4.78, 5) is 40.6. The summed E-state index contributed by atoms with van der Waals surface area (Å²) in [6.07, 6.45) is 3.00. The average molecular weight is 462 g/mol. The molecule has 2 atom stereocenters. The monoisotopic (exact) mass is 461 g/mol. The third kappa shape index (κ3) is 9.44. The van der Waals surface area contributed by atoms with E-state index < -0.39 is 23.8 Å². The Morgan fingerprint density at radius 2 is 1.70 bits per heavy atom. The van der Waals surface area contributed by atoms with E-state index in [0.29, 0.717) is 19.5 Å². The van der Waals surface area contributed by atoms with Gasteiger partial charge < -0.3 is 20.3 Å². The number of amides is 3. The molecule has 1 aromatic rings. The summed E-state index contributed by atoms with van der Waals surface area (Å²) < 4.78 is 5.30. The number of hydrogen-bond donors (Lipinski definition) is 2. The van der Waals surface area contributed by atoms with Crippen LogP contribution in [-0.4, -0.2) is 47.5 Å². The molecule has 2 N–H and O–H groups in total. The van der Waals surface area contributed by atoms with Crippen LogP contribution in [0.15, 0.2) is 18.2 Å². The van der Waals surface area contributed by atoms with E-state index in [1.54, 1.807) is 32.6 Å². The van der Waals surface area contributed by atoms with Crippen molar-refractivity contribution in [2.45, 2.75) is 98.8 Å². The molecule has 0 aliphatic heterocycles. The topological polar surface area (TPSA) is 87.7 Å². The van der Waals surface area contributed by atoms with Crippen molar-refractivity contribution in [3.63, 3.8) is 0 Å². The minimum Gasteiger partial charge on any atom is -0.444 e. The second kappa shape index (κ2) is 13.2. The van der Waals surface area contributed by atoms with Crippen LogP contribution in [0, 0.1) is 13.8 Å². The number of rotatable bonds is 11. The van der Waals surface area contributed by atoms with Crippen LogP contribution in [0.1, 0.15) is 90.0 Å². The van der Waals surface area contributed by atoms with Gasteiger partial charge in [0.1, 0.15) is 17.7 Å². The average Bonchev–Trinajstić information content (AvgIpc) is 2.71. The molecule has 0 saturated carbocycles. The van der Waals surface area contributed by atoms with Crippen LogP contribution in [-0.2, 0) is 14.3 Å². The summed E-state index contributed by atoms with van der Waals surface area (Å²) in [5, 5.41) is 5.63. The predicted octanol–water partition coefficient (Wildman–Crippen LogP) is 4.80. The SMILES string of the molecule is CCCCCNC(=O)C(c1ccc(C)c(C)c1)N(CCC)C(=O)C(C)NC(=O)OC(C)(C)C. The lowest BCUT2D eigenvalue weighted by atomic mass is 9.98. The summed E-state index contributed by atoms with van der Waals surface area (Å²) in [7, 11) is 0. The van der Waals surface area contributed by atoms with Crippen molar-refractivity contribution in [1.82, 2.24) is 15.5 Å². The zero-order valence-corrected chi connectivity index (χ0v) is 21.7. The van der Waals surface area contributed by atoms with Crippen LogP contribution in [0.25, 0.3) is 0 Å². The van der Waals surface area contributed by atoms with E-state index in [1.165, 1.54) is 0 Å². The number of hydrogen-bond acceptors (Lipinski definition) is 4. The van der Waals surface area contributed by atoms with Gasteiger partial charge in [0.25, 0.3) is 0 Å². The van der Waals surface area contributed by atoms with Crippen LogP contribution >= 0.6 is 0 Å². The summed E-state index contributed by atoms with van der Waals surface area (Å²) in [6, 6.07) is 4.22. The smallest absolute Gasteiger partial charge is 0.408 e. The summed E-state index contributed by atoms with van der Waals surface area (Å²) in [5.74, 6) is -0.532. The van der Waals surface area contributed by atoms with Gasteiger partial charge in [0, 0.05) is 13.1 Å². The van der Waals surface area contributed by atoms with Crippen molar-refractivity contribution < 1.29 is 19.1 Å². The molecule has 0 bridgehead atoms. The minimum atomic E-state index is -0.840. The normalized spacial score (nSPS) is 13.1. The van der Waals surface area contributed by atoms with Crippen molar-refractivity contribution in [2.24, 2.45) is 0 Å². The molecule has 0 aliphatic carbocycles. The zero-order chi connectivity index (χ0) is 25.2. The molecular formula is C26H43N3O4. The van der Waals surface area contributed by atoms with Crippen molar-refractivity contribution in [1.29, 1.82) is 0 Å². The fourth-order valence-electron chi connectivity index (χ4n) is 3.49. The maximum atomic E-state index is 13.5. The Hall–Kier alpha value is -2.57. The number of nitrogens with one attached hydrogen (secondary N) is 2. The molecule has 2 unspecified atom stereocenters. The van der Waals surface area contributed by atoms with Crippen LogP contribution in [0.2, 0.25) is 0 Å². The minimum absolute atomic E-state index is 0.208. The second-order valence-electron chi connectivity index (χ2n) is 9.64. The number of ether oxygens (including phenoxy) is 1. The first-order valence-electron chi connectivity index (χ1n) is 12.1. The summed E-state index contributed by atoms with van der Waals surface area (Å²) >= 11 is 0. The Balaban J connectivity index is 3.21. The van der Waals surface area contributed by atoms with Gasteiger partial charge in [0.2, 0.25) is 11.8 Å². The Morgan fingerprint density at radius 3 is 2.24 bits per heavy atom. The van der Waals surface area contributed by atoms with Gasteiger partial charge in [-0.1, -0.05) is 44.9 Å². The van der Waals surface area contributed by atoms with Gasteiger partial charge in [0.15, 0.2) is 0 Å². The third-order valence-corrected chi connectivity index (χ3v) is 5.34. The molecular weight excluding hydrogens is 418 g/mol. The van der Waals surface area contributed by atoms with Gasteiger partial charge in [-0.3, -0.25) is 9.59 Å². The number of benzene rings is 1. The molecule has 7 heteroatoms. The standard InChI is InChI=1S/C26H43N3O4/c1-9-11-12-15-27-23(30)22(21-14-13-18(3)19(4)17-21)29(16-10-2)24(31)20(5)28-25(32)33-26(6,7)8/h13-14,17,20,22H,9-12,15-16H2,1-8H3,(H,27,30)(H,28,32). The maximum Gasteiger partial charge on any atom is 0.408 e. The van der Waals surface area contributed by atoms with Gasteiger partial charge in [-0.25, -0.2) is 4.79 Å². The first-order chi connectivity index (χ1) is 15.4. The molecule has 0 heterocycles. The molecule has 186 valence electrons. The summed E-state index contributed by atoms with van der Waals surface area (Å²) in [6.45, 7) is 15.9. The predicted molar refractivity (Wildman–Crippen MR) is 132 cm³/mol. The number of alkyl carbamates (subject to hydrolysis) is 1. The number of carbonyl (C=O) groups is 3. The number of aryl methyl sites for hydroxylation is 2. The lowest BCUT2D eigenvalue weighted by molar-refractivity contribution is -0.142. The Bertz CT molecular complexity index is 801. The molecule has 0 fully saturated rings. The van der Waals surface area contributed by atoms with Crippen molar-refractivity contribution in [3.05, 3.63) is 34.9 Å². The Morgan fingerprint density at radius 1 is 1.03 bits per heavy atom. The van der Waals surface area contributed by atoms with Gasteiger partial charge in [0.05, 0.1) is 0 Å². The van der Waals surface area contributed by atoms with Crippen molar-refractivity contribution >= 4 is 17.9 Å². The first-order valence-corrected chi connectivity index (χ1v) is 12.1. The van der Waals surface area contributed by atoms with E-state index in [2.05, 4.69) is 17.6 Å². The van der Waals surface area contributed by atoms with Crippen LogP contribution in [0.3, 0.4) is 0 Å². The van der Waals surface area contributed by atoms with Crippen LogP contribution < -0.4 is 10.6 Å². The zero-order valence-electron chi connectivity index (χ0n) is 21.7. The molecule has 0 aromatic heterocycles. The number of nitrogens with zero attached hydrogens (tertiary/aromatic N) is 1. The quantitative estimate of drug-likeness (QED) is 0.463. The lowest BCUT2D eigenvalue weighted by Crippen LogP contribution is -2.52. The Labute approximate surface area is 199 Å². The first kappa shape index (κ1) is 28.5. The van der Waals surface area contributed by atoms with Gasteiger partial charge in [-0.15, -0.1) is 0 Å². The van der Waals surface area contributed by atoms with Crippen molar-refractivity contribution in [2.75, 3.05) is 13.1 Å². The van der Waals surface area contributed by atoms with E-state index in [0.717, 1.165) is 36.0 Å². The number of carbonyl (C=O) groups excluding carboxylic acids is 3. The van der Waals surface area contributed by atoms with E-state index in [-0.39, 0.29) is 11.8 Å². The highest BCUT2D eigenvalue weighted by atomic mass is 16.6. The van der Waals surface area contributed by atoms with Crippen LogP contribution in [0.4, 0.5) is 4.79 Å². The second-order valence-corrected chi connectivity index (χ2v) is 9.64. The molecule has 7 nitrogen and oxygen atoms in total. The fourth-order valence-corrected chi connectivity index (χ4v) is 3.49. The Kier molecular flexibility index (Phi) is 11.4. The molecule has 0 spiro atoms. The number of unbranched alkanes of at least 4 members (excludes halogenated alkanes) is 2. The lowest BCUT2D eigenvalue weighted by Gasteiger charge is -2.33. The highest BCUT2D eigenvalue weighted by molar-refractivity contribution is 5.92. The molecule has 1 rings (SSSR count). The molecule has 33 heavy (non-hydrogen) atoms. The highest BCUT2D eigenvalue weighted by Crippen LogP contribution is 2.25. The highest BCUT2D eigenvalue weighted by Gasteiger charge is 2.34. The molecule has 3 amide bonds. The van der Waals surface area contributed by atoms with E-state index in [4.69, 9.17) is 4.74 Å². The molecule has 0 saturated heterocycles. The van der Waals surface area contributed by atoms with Crippen molar-refractivity contribution in [3.8, 4) is 0 Å². The van der Waals surface area contributed by atoms with Gasteiger partial charge in [-0.2, -0.15) is 0 Å². The van der Waals surface area contributed by atoms with Gasteiger partial charge in [-0.05, 0) is 71.1 Å². The van der Waals surface area contributed by atoms with Crippen LogP contribution in [0.5, 0.6) is 0 Å². The van der Waals surface area contributed by atoms with E-state index >= 15 is 0 Å². The summed E-state index contributed by atoms with van der Waals surface area (Å²) in [5.41, 5.74) is 2.27. The third-order valence-electron chi connectivity index (χ3n) is 5.34. The van der Waals surface area contributed by atoms with E-state index in [1.807, 2.05) is 39.0 Å². The largest absolute Gasteiger partial charge is 0.444 e. The molecule has 0 radical (unpaired) electrons. The fraction of sp³-hybridized carbons (Fsp3) is 0.654. The van der Waals surface area contributed by atoms with E-state index in [9.17, 15) is 14.4 Å².